The molecule has 0 radical (unpaired) electrons. The van der Waals surface area contributed by atoms with Gasteiger partial charge in [0.15, 0.2) is 0 Å². The second-order valence-corrected chi connectivity index (χ2v) is 8.19. The maximum Gasteiger partial charge on any atom is 0.322 e. The number of hydrogen-bond donors (Lipinski definition) is 2. The highest BCUT2D eigenvalue weighted by Crippen LogP contribution is 2.21. The minimum absolute atomic E-state index is 0.0462. The van der Waals surface area contributed by atoms with Gasteiger partial charge in [0.1, 0.15) is 5.75 Å². The third-order valence-electron chi connectivity index (χ3n) is 5.40. The zero-order valence-electron chi connectivity index (χ0n) is 17.9. The Labute approximate surface area is 191 Å². The molecule has 0 spiro atoms. The van der Waals surface area contributed by atoms with E-state index < -0.39 is 0 Å². The highest BCUT2D eigenvalue weighted by molar-refractivity contribution is 6.30. The Hall–Kier alpha value is -3.03. The Kier molecular flexibility index (Phi) is 6.97. The lowest BCUT2D eigenvalue weighted by Gasteiger charge is -2.25. The molecule has 1 atom stereocenters. The minimum Gasteiger partial charge on any atom is -0.494 e. The Morgan fingerprint density at radius 2 is 2.06 bits per heavy atom. The summed E-state index contributed by atoms with van der Waals surface area (Å²) >= 11 is 5.94. The first-order valence-corrected chi connectivity index (χ1v) is 11.1. The zero-order chi connectivity index (χ0) is 22.5. The normalized spacial score (nSPS) is 15.6. The van der Waals surface area contributed by atoms with Gasteiger partial charge in [-0.05, 0) is 68.3 Å². The van der Waals surface area contributed by atoms with Crippen molar-refractivity contribution < 1.29 is 14.3 Å². The average molecular weight is 456 g/mol. The summed E-state index contributed by atoms with van der Waals surface area (Å²) in [4.78, 5) is 30.4. The number of carbonyl (C=O) groups is 1. The van der Waals surface area contributed by atoms with Gasteiger partial charge >= 0.3 is 6.03 Å². The molecule has 2 amide bonds. The van der Waals surface area contributed by atoms with Gasteiger partial charge in [-0.15, -0.1) is 0 Å². The first-order valence-electron chi connectivity index (χ1n) is 10.7. The summed E-state index contributed by atoms with van der Waals surface area (Å²) in [6, 6.07) is 14.0. The highest BCUT2D eigenvalue weighted by atomic mass is 35.5. The molecule has 1 aromatic heterocycles. The molecule has 2 aromatic carbocycles. The van der Waals surface area contributed by atoms with E-state index in [2.05, 4.69) is 10.3 Å². The second kappa shape index (κ2) is 10.1. The Morgan fingerprint density at radius 1 is 1.25 bits per heavy atom. The van der Waals surface area contributed by atoms with Crippen molar-refractivity contribution in [2.45, 2.75) is 32.4 Å². The van der Waals surface area contributed by atoms with Crippen LogP contribution in [0, 0.1) is 0 Å². The summed E-state index contributed by atoms with van der Waals surface area (Å²) in [5.74, 6) is 0.731. The maximum absolute atomic E-state index is 13.1. The van der Waals surface area contributed by atoms with Gasteiger partial charge in [-0.25, -0.2) is 4.79 Å². The van der Waals surface area contributed by atoms with Crippen LogP contribution in [0.3, 0.4) is 0 Å². The van der Waals surface area contributed by atoms with E-state index in [1.807, 2.05) is 31.2 Å². The number of benzene rings is 2. The maximum atomic E-state index is 13.1. The van der Waals surface area contributed by atoms with Crippen LogP contribution in [0.1, 0.15) is 25.3 Å². The van der Waals surface area contributed by atoms with Crippen LogP contribution in [0.25, 0.3) is 10.9 Å². The predicted octanol–water partition coefficient (Wildman–Crippen LogP) is 4.79. The van der Waals surface area contributed by atoms with Gasteiger partial charge in [0, 0.05) is 40.3 Å². The molecule has 0 aliphatic carbocycles. The molecule has 1 saturated heterocycles. The summed E-state index contributed by atoms with van der Waals surface area (Å²) in [6.07, 6.45) is 1.81. The number of hydrogen-bond acceptors (Lipinski definition) is 4. The van der Waals surface area contributed by atoms with Crippen molar-refractivity contribution in [3.05, 3.63) is 69.5 Å². The largest absolute Gasteiger partial charge is 0.494 e. The van der Waals surface area contributed by atoms with Gasteiger partial charge in [0.05, 0.1) is 19.3 Å². The zero-order valence-corrected chi connectivity index (χ0v) is 18.7. The summed E-state index contributed by atoms with van der Waals surface area (Å²) < 4.78 is 11.3. The summed E-state index contributed by atoms with van der Waals surface area (Å²) in [6.45, 7) is 3.72. The monoisotopic (exact) mass is 455 g/mol. The fourth-order valence-corrected chi connectivity index (χ4v) is 3.92. The van der Waals surface area contributed by atoms with Crippen molar-refractivity contribution >= 4 is 34.2 Å². The van der Waals surface area contributed by atoms with Crippen molar-refractivity contribution in [3.8, 4) is 5.75 Å². The SMILES string of the molecule is CCOc1ccc2[nH]c(=O)c(CN(C[C@@H]3CCCO3)C(=O)Nc3ccc(Cl)cc3)cc2c1. The summed E-state index contributed by atoms with van der Waals surface area (Å²) in [7, 11) is 0. The van der Waals surface area contributed by atoms with E-state index in [0.717, 1.165) is 29.5 Å². The molecule has 1 aliphatic heterocycles. The number of ether oxygens (including phenoxy) is 2. The van der Waals surface area contributed by atoms with E-state index in [1.165, 1.54) is 0 Å². The number of fused-ring (bicyclic) bond motifs is 1. The number of H-pyrrole nitrogens is 1. The standard InChI is InChI=1S/C24H26ClN3O4/c1-2-31-20-9-10-22-16(13-20)12-17(23(29)27-22)14-28(15-21-4-3-11-32-21)24(30)26-19-7-5-18(25)6-8-19/h5-10,12-13,21H,2-4,11,14-15H2,1H3,(H,26,30)(H,27,29)/t21-/m0/s1. The Morgan fingerprint density at radius 3 is 2.78 bits per heavy atom. The molecular weight excluding hydrogens is 430 g/mol. The van der Waals surface area contributed by atoms with Crippen molar-refractivity contribution in [2.75, 3.05) is 25.1 Å². The van der Waals surface area contributed by atoms with Crippen LogP contribution in [0.5, 0.6) is 5.75 Å². The Bertz CT molecular complexity index is 1140. The topological polar surface area (TPSA) is 83.7 Å². The van der Waals surface area contributed by atoms with Crippen LogP contribution in [0.15, 0.2) is 53.3 Å². The van der Waals surface area contributed by atoms with Gasteiger partial charge < -0.3 is 24.7 Å². The quantitative estimate of drug-likeness (QED) is 0.536. The molecule has 32 heavy (non-hydrogen) atoms. The van der Waals surface area contributed by atoms with E-state index in [4.69, 9.17) is 21.1 Å². The van der Waals surface area contributed by atoms with E-state index in [-0.39, 0.29) is 24.2 Å². The average Bonchev–Trinajstić information content (AvgIpc) is 3.29. The second-order valence-electron chi connectivity index (χ2n) is 7.76. The van der Waals surface area contributed by atoms with E-state index >= 15 is 0 Å². The van der Waals surface area contributed by atoms with Crippen LogP contribution in [-0.4, -0.2) is 41.8 Å². The van der Waals surface area contributed by atoms with Gasteiger partial charge in [0.25, 0.3) is 5.56 Å². The van der Waals surface area contributed by atoms with Gasteiger partial charge in [-0.3, -0.25) is 4.79 Å². The van der Waals surface area contributed by atoms with Crippen molar-refractivity contribution in [2.24, 2.45) is 0 Å². The molecule has 3 aromatic rings. The molecule has 0 unspecified atom stereocenters. The first-order chi connectivity index (χ1) is 15.5. The highest BCUT2D eigenvalue weighted by Gasteiger charge is 2.24. The summed E-state index contributed by atoms with van der Waals surface area (Å²) in [5.41, 5.74) is 1.62. The third kappa shape index (κ3) is 5.41. The number of urea groups is 1. The van der Waals surface area contributed by atoms with Crippen LogP contribution >= 0.6 is 11.6 Å². The van der Waals surface area contributed by atoms with Crippen molar-refractivity contribution in [1.82, 2.24) is 9.88 Å². The lowest BCUT2D eigenvalue weighted by Crippen LogP contribution is -2.40. The number of aromatic nitrogens is 1. The van der Waals surface area contributed by atoms with Gasteiger partial charge in [-0.2, -0.15) is 0 Å². The molecule has 0 saturated carbocycles. The molecule has 2 heterocycles. The lowest BCUT2D eigenvalue weighted by atomic mass is 10.1. The van der Waals surface area contributed by atoms with Crippen LogP contribution in [-0.2, 0) is 11.3 Å². The van der Waals surface area contributed by atoms with Crippen molar-refractivity contribution in [1.29, 1.82) is 0 Å². The fourth-order valence-electron chi connectivity index (χ4n) is 3.80. The fraction of sp³-hybridized carbons (Fsp3) is 0.333. The minimum atomic E-state index is -0.301. The predicted molar refractivity (Wildman–Crippen MR) is 126 cm³/mol. The Balaban J connectivity index is 1.59. The number of amides is 2. The van der Waals surface area contributed by atoms with Crippen LogP contribution < -0.4 is 15.6 Å². The third-order valence-corrected chi connectivity index (χ3v) is 5.65. The molecule has 1 aliphatic rings. The molecule has 168 valence electrons. The number of halogens is 1. The summed E-state index contributed by atoms with van der Waals surface area (Å²) in [5, 5.41) is 4.33. The van der Waals surface area contributed by atoms with Gasteiger partial charge in [-0.1, -0.05) is 11.6 Å². The van der Waals surface area contributed by atoms with Crippen LogP contribution in [0.2, 0.25) is 5.02 Å². The number of nitrogens with zero attached hydrogens (tertiary/aromatic N) is 1. The molecular formula is C24H26ClN3O4. The molecule has 4 rings (SSSR count). The van der Waals surface area contributed by atoms with E-state index in [0.29, 0.717) is 36.0 Å². The number of carbonyl (C=O) groups excluding carboxylic acids is 1. The number of anilines is 1. The van der Waals surface area contributed by atoms with E-state index in [9.17, 15) is 9.59 Å². The molecule has 2 N–H and O–H groups in total. The molecule has 0 bridgehead atoms. The van der Waals surface area contributed by atoms with Gasteiger partial charge in [0.2, 0.25) is 0 Å². The number of aromatic amines is 1. The van der Waals surface area contributed by atoms with E-state index in [1.54, 1.807) is 29.2 Å². The number of pyridine rings is 1. The van der Waals surface area contributed by atoms with Crippen LogP contribution in [0.4, 0.5) is 10.5 Å². The lowest BCUT2D eigenvalue weighted by molar-refractivity contribution is 0.0818. The first kappa shape index (κ1) is 22.2. The number of rotatable bonds is 7. The molecule has 7 nitrogen and oxygen atoms in total. The smallest absolute Gasteiger partial charge is 0.322 e. The molecule has 8 heteroatoms. The van der Waals surface area contributed by atoms with Crippen molar-refractivity contribution in [3.63, 3.8) is 0 Å². The molecule has 1 fully saturated rings. The number of nitrogens with one attached hydrogen (secondary N) is 2.